The lowest BCUT2D eigenvalue weighted by Gasteiger charge is -2.09. The first kappa shape index (κ1) is 17.1. The number of amides is 2. The zero-order valence-electron chi connectivity index (χ0n) is 12.0. The van der Waals surface area contributed by atoms with Crippen LogP contribution in [0.1, 0.15) is 5.56 Å². The number of benzene rings is 2. The van der Waals surface area contributed by atoms with Crippen molar-refractivity contribution in [3.8, 4) is 5.75 Å². The Hall–Kier alpha value is -2.24. The fourth-order valence-corrected chi connectivity index (χ4v) is 2.02. The van der Waals surface area contributed by atoms with Crippen molar-refractivity contribution in [2.75, 3.05) is 6.61 Å². The smallest absolute Gasteiger partial charge is 0.276 e. The molecule has 0 aliphatic carbocycles. The molecule has 0 aliphatic heterocycles. The second-order valence-corrected chi connectivity index (χ2v) is 5.52. The fourth-order valence-electron chi connectivity index (χ4n) is 1.71. The third-order valence-corrected chi connectivity index (χ3v) is 3.27. The fraction of sp³-hybridized carbons (Fsp3) is 0.125. The van der Waals surface area contributed by atoms with Gasteiger partial charge >= 0.3 is 0 Å². The molecule has 0 bridgehead atoms. The standard InChI is InChI=1S/C16H14Cl2N2O3/c17-12-6-4-11(5-7-12)8-15(21)19-20-16(22)10-23-14-3-1-2-13(18)9-14/h1-7,9H,8,10H2,(H,19,21)(H,20,22). The SMILES string of the molecule is O=C(COc1cccc(Cl)c1)NNC(=O)Cc1ccc(Cl)cc1. The van der Waals surface area contributed by atoms with Crippen LogP contribution in [0.15, 0.2) is 48.5 Å². The van der Waals surface area contributed by atoms with Crippen LogP contribution < -0.4 is 15.6 Å². The Morgan fingerprint density at radius 1 is 0.913 bits per heavy atom. The minimum absolute atomic E-state index is 0.132. The van der Waals surface area contributed by atoms with Gasteiger partial charge in [0.25, 0.3) is 5.91 Å². The Morgan fingerprint density at radius 2 is 1.61 bits per heavy atom. The summed E-state index contributed by atoms with van der Waals surface area (Å²) in [5.41, 5.74) is 5.38. The molecular formula is C16H14Cl2N2O3. The molecule has 2 aromatic rings. The minimum Gasteiger partial charge on any atom is -0.484 e. The first-order valence-corrected chi connectivity index (χ1v) is 7.49. The van der Waals surface area contributed by atoms with Crippen molar-refractivity contribution in [3.63, 3.8) is 0 Å². The molecule has 7 heteroatoms. The number of hydrazine groups is 1. The predicted molar refractivity (Wildman–Crippen MR) is 88.4 cm³/mol. The van der Waals surface area contributed by atoms with E-state index in [0.29, 0.717) is 15.8 Å². The number of carbonyl (C=O) groups is 2. The van der Waals surface area contributed by atoms with Crippen molar-refractivity contribution in [2.24, 2.45) is 0 Å². The lowest BCUT2D eigenvalue weighted by atomic mass is 10.1. The van der Waals surface area contributed by atoms with Gasteiger partial charge < -0.3 is 4.74 Å². The van der Waals surface area contributed by atoms with Crippen LogP contribution in [-0.2, 0) is 16.0 Å². The summed E-state index contributed by atoms with van der Waals surface area (Å²) in [4.78, 5) is 23.3. The molecule has 0 heterocycles. The van der Waals surface area contributed by atoms with Crippen LogP contribution in [0.5, 0.6) is 5.75 Å². The normalized spacial score (nSPS) is 10.0. The summed E-state index contributed by atoms with van der Waals surface area (Å²) >= 11 is 11.6. The van der Waals surface area contributed by atoms with Crippen LogP contribution in [0.2, 0.25) is 10.0 Å². The number of rotatable bonds is 5. The maximum absolute atomic E-state index is 11.7. The highest BCUT2D eigenvalue weighted by Gasteiger charge is 2.07. The topological polar surface area (TPSA) is 67.4 Å². The summed E-state index contributed by atoms with van der Waals surface area (Å²) in [6.07, 6.45) is 0.132. The summed E-state index contributed by atoms with van der Waals surface area (Å²) in [7, 11) is 0. The van der Waals surface area contributed by atoms with Crippen molar-refractivity contribution in [1.82, 2.24) is 10.9 Å². The molecule has 5 nitrogen and oxygen atoms in total. The van der Waals surface area contributed by atoms with Gasteiger partial charge in [-0.15, -0.1) is 0 Å². The van der Waals surface area contributed by atoms with E-state index in [1.165, 1.54) is 0 Å². The van der Waals surface area contributed by atoms with E-state index >= 15 is 0 Å². The summed E-state index contributed by atoms with van der Waals surface area (Å²) in [5, 5.41) is 1.11. The van der Waals surface area contributed by atoms with Crippen LogP contribution in [0, 0.1) is 0 Å². The van der Waals surface area contributed by atoms with Crippen molar-refractivity contribution in [2.45, 2.75) is 6.42 Å². The Bertz CT molecular complexity index is 690. The zero-order chi connectivity index (χ0) is 16.7. The molecule has 2 aromatic carbocycles. The summed E-state index contributed by atoms with van der Waals surface area (Å²) in [6, 6.07) is 13.6. The van der Waals surface area contributed by atoms with Crippen molar-refractivity contribution in [1.29, 1.82) is 0 Å². The van der Waals surface area contributed by atoms with Crippen LogP contribution in [-0.4, -0.2) is 18.4 Å². The molecule has 0 radical (unpaired) electrons. The van der Waals surface area contributed by atoms with Crippen LogP contribution in [0.25, 0.3) is 0 Å². The summed E-state index contributed by atoms with van der Waals surface area (Å²) in [6.45, 7) is -0.235. The van der Waals surface area contributed by atoms with Gasteiger partial charge in [-0.25, -0.2) is 0 Å². The molecule has 2 N–H and O–H groups in total. The van der Waals surface area contributed by atoms with Gasteiger partial charge in [-0.3, -0.25) is 20.4 Å². The largest absolute Gasteiger partial charge is 0.484 e. The van der Waals surface area contributed by atoms with Crippen molar-refractivity contribution >= 4 is 35.0 Å². The molecular weight excluding hydrogens is 339 g/mol. The predicted octanol–water partition coefficient (Wildman–Crippen LogP) is 2.76. The van der Waals surface area contributed by atoms with Gasteiger partial charge in [0.2, 0.25) is 5.91 Å². The highest BCUT2D eigenvalue weighted by molar-refractivity contribution is 6.30. The maximum atomic E-state index is 11.7. The van der Waals surface area contributed by atoms with Crippen LogP contribution in [0.3, 0.4) is 0 Å². The molecule has 0 atom stereocenters. The van der Waals surface area contributed by atoms with E-state index in [4.69, 9.17) is 27.9 Å². The average Bonchev–Trinajstić information content (AvgIpc) is 2.53. The molecule has 0 aromatic heterocycles. The number of ether oxygens (including phenoxy) is 1. The van der Waals surface area contributed by atoms with Crippen LogP contribution >= 0.6 is 23.2 Å². The molecule has 2 rings (SSSR count). The Balaban J connectivity index is 1.71. The first-order chi connectivity index (χ1) is 11.0. The number of carbonyl (C=O) groups excluding carboxylic acids is 2. The van der Waals surface area contributed by atoms with Gasteiger partial charge in [-0.05, 0) is 35.9 Å². The lowest BCUT2D eigenvalue weighted by molar-refractivity contribution is -0.129. The second-order valence-electron chi connectivity index (χ2n) is 4.65. The van der Waals surface area contributed by atoms with Gasteiger partial charge in [0.15, 0.2) is 6.61 Å². The minimum atomic E-state index is -0.477. The number of hydrogen-bond donors (Lipinski definition) is 2. The molecule has 0 saturated heterocycles. The van der Waals surface area contributed by atoms with Gasteiger partial charge in [-0.2, -0.15) is 0 Å². The average molecular weight is 353 g/mol. The van der Waals surface area contributed by atoms with Gasteiger partial charge in [0.05, 0.1) is 6.42 Å². The molecule has 120 valence electrons. The molecule has 23 heavy (non-hydrogen) atoms. The summed E-state index contributed by atoms with van der Waals surface area (Å²) in [5.74, 6) is -0.349. The highest BCUT2D eigenvalue weighted by atomic mass is 35.5. The third-order valence-electron chi connectivity index (χ3n) is 2.79. The Morgan fingerprint density at radius 3 is 2.30 bits per heavy atom. The van der Waals surface area contributed by atoms with E-state index < -0.39 is 5.91 Å². The van der Waals surface area contributed by atoms with E-state index in [0.717, 1.165) is 5.56 Å². The first-order valence-electron chi connectivity index (χ1n) is 6.73. The molecule has 2 amide bonds. The highest BCUT2D eigenvalue weighted by Crippen LogP contribution is 2.16. The van der Waals surface area contributed by atoms with Gasteiger partial charge in [-0.1, -0.05) is 41.4 Å². The third kappa shape index (κ3) is 6.18. The second kappa shape index (κ2) is 8.41. The van der Waals surface area contributed by atoms with E-state index in [1.807, 2.05) is 0 Å². The van der Waals surface area contributed by atoms with Crippen molar-refractivity contribution in [3.05, 3.63) is 64.1 Å². The molecule has 0 aliphatic rings. The molecule has 0 saturated carbocycles. The van der Waals surface area contributed by atoms with E-state index in [-0.39, 0.29) is 18.9 Å². The number of hydrogen-bond acceptors (Lipinski definition) is 3. The number of halogens is 2. The quantitative estimate of drug-likeness (QED) is 0.813. The summed E-state index contributed by atoms with van der Waals surface area (Å²) < 4.78 is 5.25. The van der Waals surface area contributed by atoms with Gasteiger partial charge in [0.1, 0.15) is 5.75 Å². The molecule has 0 fully saturated rings. The van der Waals surface area contributed by atoms with E-state index in [2.05, 4.69) is 10.9 Å². The van der Waals surface area contributed by atoms with E-state index in [1.54, 1.807) is 48.5 Å². The Labute approximate surface area is 143 Å². The number of nitrogens with one attached hydrogen (secondary N) is 2. The molecule has 0 unspecified atom stereocenters. The zero-order valence-corrected chi connectivity index (χ0v) is 13.5. The monoisotopic (exact) mass is 352 g/mol. The Kier molecular flexibility index (Phi) is 6.26. The molecule has 0 spiro atoms. The lowest BCUT2D eigenvalue weighted by Crippen LogP contribution is -2.44. The van der Waals surface area contributed by atoms with Crippen molar-refractivity contribution < 1.29 is 14.3 Å². The van der Waals surface area contributed by atoms with Gasteiger partial charge in [0, 0.05) is 10.0 Å². The van der Waals surface area contributed by atoms with E-state index in [9.17, 15) is 9.59 Å². The maximum Gasteiger partial charge on any atom is 0.276 e. The van der Waals surface area contributed by atoms with Crippen LogP contribution in [0.4, 0.5) is 0 Å².